The second-order valence-corrected chi connectivity index (χ2v) is 14.5. The van der Waals surface area contributed by atoms with Crippen molar-refractivity contribution in [3.05, 3.63) is 131 Å². The molecule has 262 valence electrons. The van der Waals surface area contributed by atoms with E-state index in [4.69, 9.17) is 5.11 Å². The lowest BCUT2D eigenvalue weighted by atomic mass is 9.44. The summed E-state index contributed by atoms with van der Waals surface area (Å²) < 4.78 is 0. The van der Waals surface area contributed by atoms with Crippen LogP contribution in [0.3, 0.4) is 0 Å². The fourth-order valence-electron chi connectivity index (χ4n) is 9.73. The van der Waals surface area contributed by atoms with Gasteiger partial charge >= 0.3 is 5.97 Å². The number of carboxylic acid groups (broad SMARTS) is 1. The molecule has 3 aliphatic carbocycles. The van der Waals surface area contributed by atoms with E-state index < -0.39 is 41.0 Å². The van der Waals surface area contributed by atoms with Crippen molar-refractivity contribution in [3.8, 4) is 5.75 Å². The number of phenols is 1. The molecule has 1 aliphatic heterocycles. The molecular formula is C44H39NO7. The number of rotatable bonds is 9. The average molecular weight is 694 g/mol. The Bertz CT molecular complexity index is 2190. The number of amides is 2. The number of aromatic hydroxyl groups is 1. The molecule has 6 atom stereocenters. The number of likely N-dealkylation sites (tertiary alicyclic amines) is 1. The molecule has 4 aromatic carbocycles. The average Bonchev–Trinajstić information content (AvgIpc) is 3.41. The molecule has 6 unspecified atom stereocenters. The summed E-state index contributed by atoms with van der Waals surface area (Å²) in [5, 5.41) is 22.6. The van der Waals surface area contributed by atoms with Crippen LogP contribution in [-0.4, -0.2) is 51.0 Å². The Hall–Kier alpha value is -5.63. The molecule has 8 nitrogen and oxygen atoms in total. The van der Waals surface area contributed by atoms with Crippen molar-refractivity contribution in [2.45, 2.75) is 49.9 Å². The summed E-state index contributed by atoms with van der Waals surface area (Å²) in [5.41, 5.74) is 1.50. The third-order valence-electron chi connectivity index (χ3n) is 12.0. The van der Waals surface area contributed by atoms with Crippen LogP contribution >= 0.6 is 0 Å². The molecule has 1 heterocycles. The van der Waals surface area contributed by atoms with Crippen LogP contribution in [0.5, 0.6) is 5.75 Å². The first kappa shape index (κ1) is 33.5. The lowest BCUT2D eigenvalue weighted by molar-refractivity contribution is -0.141. The van der Waals surface area contributed by atoms with Crippen LogP contribution in [0.2, 0.25) is 0 Å². The summed E-state index contributed by atoms with van der Waals surface area (Å²) in [4.78, 5) is 70.9. The maximum absolute atomic E-state index is 15.2. The first-order valence-corrected chi connectivity index (χ1v) is 18.1. The van der Waals surface area contributed by atoms with Crippen LogP contribution in [-0.2, 0) is 29.4 Å². The standard InChI is InChI=1S/C44H39NO7/c46-36-25-33(26-12-4-1-5-13-26)41(50)35-24-34-30(21-22-31-38(34)43(52)45(42(31)51)23-11-3-8-18-37(47)48)39(44(35,36)28-15-6-2-7-16-28)32-20-19-27-14-9-10-17-29(27)40(32)49/h1-2,4-7,9-10,12-17,19-21,25,31,34-35,38-39,49H,3,8,11,18,22-24H2,(H,47,48). The van der Waals surface area contributed by atoms with Crippen LogP contribution in [0.15, 0.2) is 115 Å². The third-order valence-corrected chi connectivity index (χ3v) is 12.0. The van der Waals surface area contributed by atoms with Gasteiger partial charge in [0.1, 0.15) is 5.75 Å². The number of fused-ring (bicyclic) bond motifs is 5. The minimum absolute atomic E-state index is 0.0238. The molecule has 4 aliphatic rings. The molecule has 0 spiro atoms. The van der Waals surface area contributed by atoms with E-state index >= 15 is 9.59 Å². The number of unbranched alkanes of at least 4 members (excludes halogenated alkanes) is 2. The molecule has 1 saturated heterocycles. The van der Waals surface area contributed by atoms with E-state index in [1.165, 1.54) is 11.0 Å². The van der Waals surface area contributed by atoms with E-state index in [9.17, 15) is 19.5 Å². The van der Waals surface area contributed by atoms with Gasteiger partial charge in [-0.3, -0.25) is 28.9 Å². The van der Waals surface area contributed by atoms with Gasteiger partial charge in [0.15, 0.2) is 11.6 Å². The van der Waals surface area contributed by atoms with Crippen molar-refractivity contribution in [1.82, 2.24) is 4.90 Å². The van der Waals surface area contributed by atoms with Gasteiger partial charge in [0.25, 0.3) is 0 Å². The van der Waals surface area contributed by atoms with Crippen LogP contribution in [0.25, 0.3) is 16.3 Å². The van der Waals surface area contributed by atoms with E-state index in [0.29, 0.717) is 53.3 Å². The predicted octanol–water partition coefficient (Wildman–Crippen LogP) is 7.01. The van der Waals surface area contributed by atoms with Gasteiger partial charge in [-0.25, -0.2) is 0 Å². The van der Waals surface area contributed by atoms with Crippen LogP contribution in [0.1, 0.15) is 61.1 Å². The van der Waals surface area contributed by atoms with E-state index in [0.717, 1.165) is 11.0 Å². The molecule has 8 heteroatoms. The number of hydrogen-bond acceptors (Lipinski definition) is 6. The van der Waals surface area contributed by atoms with Crippen molar-refractivity contribution in [2.75, 3.05) is 6.54 Å². The van der Waals surface area contributed by atoms with Crippen molar-refractivity contribution >= 4 is 45.7 Å². The molecule has 2 fully saturated rings. The topological polar surface area (TPSA) is 129 Å². The molecular weight excluding hydrogens is 654 g/mol. The predicted molar refractivity (Wildman–Crippen MR) is 195 cm³/mol. The zero-order valence-corrected chi connectivity index (χ0v) is 28.6. The summed E-state index contributed by atoms with van der Waals surface area (Å²) in [5.74, 6) is -5.38. The number of carbonyl (C=O) groups excluding carboxylic acids is 4. The molecule has 8 rings (SSSR count). The highest BCUT2D eigenvalue weighted by atomic mass is 16.4. The van der Waals surface area contributed by atoms with Gasteiger partial charge in [0.2, 0.25) is 11.8 Å². The number of ketones is 2. The Morgan fingerprint density at radius 1 is 0.788 bits per heavy atom. The lowest BCUT2D eigenvalue weighted by Gasteiger charge is -2.55. The number of Topliss-reactive ketones (excluding diaryl/α,β-unsaturated/α-hetero) is 1. The Kier molecular flexibility index (Phi) is 8.48. The largest absolute Gasteiger partial charge is 0.507 e. The molecule has 0 bridgehead atoms. The van der Waals surface area contributed by atoms with Crippen molar-refractivity contribution < 1.29 is 34.2 Å². The van der Waals surface area contributed by atoms with Gasteiger partial charge in [-0.1, -0.05) is 115 Å². The van der Waals surface area contributed by atoms with Crippen molar-refractivity contribution in [3.63, 3.8) is 0 Å². The maximum atomic E-state index is 15.2. The molecule has 0 radical (unpaired) electrons. The number of carbonyl (C=O) groups is 5. The van der Waals surface area contributed by atoms with E-state index in [1.807, 2.05) is 103 Å². The number of nitrogens with zero attached hydrogens (tertiary/aromatic N) is 1. The number of allylic oxidation sites excluding steroid dienone is 4. The summed E-state index contributed by atoms with van der Waals surface area (Å²) >= 11 is 0. The second kappa shape index (κ2) is 13.2. The van der Waals surface area contributed by atoms with Crippen molar-refractivity contribution in [2.24, 2.45) is 23.7 Å². The number of carboxylic acids is 1. The minimum atomic E-state index is -1.43. The molecule has 2 amide bonds. The van der Waals surface area contributed by atoms with Crippen LogP contribution < -0.4 is 0 Å². The normalized spacial score (nSPS) is 26.8. The second-order valence-electron chi connectivity index (χ2n) is 14.5. The highest BCUT2D eigenvalue weighted by molar-refractivity contribution is 6.31. The van der Waals surface area contributed by atoms with Gasteiger partial charge in [-0.15, -0.1) is 0 Å². The Balaban J connectivity index is 1.30. The highest BCUT2D eigenvalue weighted by Crippen LogP contribution is 2.64. The van der Waals surface area contributed by atoms with Crippen LogP contribution in [0, 0.1) is 23.7 Å². The SMILES string of the molecule is O=C(O)CCCCCN1C(=O)C2CC=C3C(CC4C(=O)C(c5ccccc5)=CC(=O)C4(c4ccccc4)C3c3ccc4ccccc4c3O)C2C1=O. The quantitative estimate of drug-likeness (QED) is 0.110. The Labute approximate surface area is 301 Å². The zero-order chi connectivity index (χ0) is 36.1. The molecule has 4 aromatic rings. The van der Waals surface area contributed by atoms with Gasteiger partial charge in [0, 0.05) is 41.3 Å². The minimum Gasteiger partial charge on any atom is -0.507 e. The first-order chi connectivity index (χ1) is 25.2. The third kappa shape index (κ3) is 5.14. The van der Waals surface area contributed by atoms with Gasteiger partial charge in [0.05, 0.1) is 17.3 Å². The summed E-state index contributed by atoms with van der Waals surface area (Å²) in [6.07, 6.45) is 5.53. The first-order valence-electron chi connectivity index (χ1n) is 18.1. The number of aliphatic carboxylic acids is 1. The molecule has 0 aromatic heterocycles. The van der Waals surface area contributed by atoms with Gasteiger partial charge < -0.3 is 10.2 Å². The monoisotopic (exact) mass is 693 g/mol. The number of imide groups is 1. The fourth-order valence-corrected chi connectivity index (χ4v) is 9.73. The maximum Gasteiger partial charge on any atom is 0.303 e. The molecule has 52 heavy (non-hydrogen) atoms. The highest BCUT2D eigenvalue weighted by Gasteiger charge is 2.66. The number of phenolic OH excluding ortho intramolecular Hbond substituents is 1. The van der Waals surface area contributed by atoms with Crippen molar-refractivity contribution in [1.29, 1.82) is 0 Å². The van der Waals surface area contributed by atoms with Crippen LogP contribution in [0.4, 0.5) is 0 Å². The fraction of sp³-hybridized carbons (Fsp3) is 0.295. The van der Waals surface area contributed by atoms with E-state index in [1.54, 1.807) is 0 Å². The summed E-state index contributed by atoms with van der Waals surface area (Å²) in [6, 6.07) is 29.7. The zero-order valence-electron chi connectivity index (χ0n) is 28.6. The van der Waals surface area contributed by atoms with E-state index in [-0.39, 0.29) is 48.5 Å². The Morgan fingerprint density at radius 2 is 1.50 bits per heavy atom. The smallest absolute Gasteiger partial charge is 0.303 e. The lowest BCUT2D eigenvalue weighted by Crippen LogP contribution is -2.58. The van der Waals surface area contributed by atoms with Gasteiger partial charge in [-0.2, -0.15) is 0 Å². The molecule has 1 saturated carbocycles. The summed E-state index contributed by atoms with van der Waals surface area (Å²) in [6.45, 7) is 0.205. The summed E-state index contributed by atoms with van der Waals surface area (Å²) in [7, 11) is 0. The number of hydrogen-bond donors (Lipinski definition) is 2. The Morgan fingerprint density at radius 3 is 2.25 bits per heavy atom. The number of benzene rings is 4. The molecule has 2 N–H and O–H groups in total. The van der Waals surface area contributed by atoms with E-state index in [2.05, 4.69) is 0 Å². The van der Waals surface area contributed by atoms with Gasteiger partial charge in [-0.05, 0) is 54.2 Å².